The van der Waals surface area contributed by atoms with Crippen molar-refractivity contribution < 1.29 is 4.57 Å². The number of likely N-dealkylation sites (N-methyl/N-ethyl adjacent to an activating group) is 1. The molecule has 3 aliphatic rings. The summed E-state index contributed by atoms with van der Waals surface area (Å²) in [4.78, 5) is 15.2. The molecule has 0 saturated heterocycles. The van der Waals surface area contributed by atoms with Gasteiger partial charge in [-0.25, -0.2) is 14.5 Å². The second-order valence-electron chi connectivity index (χ2n) is 16.0. The van der Waals surface area contributed by atoms with E-state index in [0.29, 0.717) is 5.92 Å². The zero-order valence-corrected chi connectivity index (χ0v) is 32.5. The summed E-state index contributed by atoms with van der Waals surface area (Å²) in [5, 5.41) is 0. The van der Waals surface area contributed by atoms with Crippen LogP contribution in [0.15, 0.2) is 104 Å². The van der Waals surface area contributed by atoms with Gasteiger partial charge >= 0.3 is 0 Å². The molecule has 6 nitrogen and oxygen atoms in total. The fourth-order valence-electron chi connectivity index (χ4n) is 10.8. The van der Waals surface area contributed by atoms with E-state index in [1.165, 1.54) is 56.1 Å². The number of benzene rings is 4. The van der Waals surface area contributed by atoms with Gasteiger partial charge in [-0.1, -0.05) is 99.1 Å². The summed E-state index contributed by atoms with van der Waals surface area (Å²) in [7, 11) is 2.24. The molecule has 0 N–H and O–H groups in total. The van der Waals surface area contributed by atoms with E-state index in [1.807, 2.05) is 6.20 Å². The van der Waals surface area contributed by atoms with E-state index >= 15 is 0 Å². The Hall–Kier alpha value is -5.23. The summed E-state index contributed by atoms with van der Waals surface area (Å²) < 4.78 is 5.19. The van der Waals surface area contributed by atoms with Crippen molar-refractivity contribution in [3.05, 3.63) is 137 Å². The fourth-order valence-corrected chi connectivity index (χ4v) is 10.8. The van der Waals surface area contributed by atoms with Crippen molar-refractivity contribution in [2.75, 3.05) is 16.8 Å². The Bertz CT molecular complexity index is 2380. The van der Waals surface area contributed by atoms with E-state index in [2.05, 4.69) is 172 Å². The highest BCUT2D eigenvalue weighted by molar-refractivity contribution is 5.86. The van der Waals surface area contributed by atoms with Crippen molar-refractivity contribution in [2.24, 2.45) is 0 Å². The lowest BCUT2D eigenvalue weighted by Gasteiger charge is -2.50. The van der Waals surface area contributed by atoms with E-state index < -0.39 is 0 Å². The molecular weight excluding hydrogens is 649 g/mol. The van der Waals surface area contributed by atoms with Crippen LogP contribution in [0.1, 0.15) is 85.8 Å². The topological polar surface area (TPSA) is 41.1 Å². The molecule has 4 aromatic carbocycles. The molecule has 4 unspecified atom stereocenters. The predicted octanol–water partition coefficient (Wildman–Crippen LogP) is 10.4. The number of rotatable bonds is 7. The first-order valence-electron chi connectivity index (χ1n) is 19.5. The lowest BCUT2D eigenvalue weighted by molar-refractivity contribution is -0.769. The molecule has 0 bridgehead atoms. The van der Waals surface area contributed by atoms with E-state index in [-0.39, 0.29) is 17.1 Å². The quantitative estimate of drug-likeness (QED) is 0.156. The van der Waals surface area contributed by atoms with Crippen LogP contribution in [0.5, 0.6) is 0 Å². The van der Waals surface area contributed by atoms with E-state index in [1.54, 1.807) is 0 Å². The Morgan fingerprint density at radius 1 is 0.792 bits per heavy atom. The second kappa shape index (κ2) is 12.2. The van der Waals surface area contributed by atoms with E-state index in [0.717, 1.165) is 48.6 Å². The maximum Gasteiger partial charge on any atom is 0.294 e. The number of anilines is 3. The molecule has 53 heavy (non-hydrogen) atoms. The molecule has 6 heteroatoms. The van der Waals surface area contributed by atoms with Gasteiger partial charge in [-0.2, -0.15) is 4.57 Å². The van der Waals surface area contributed by atoms with Gasteiger partial charge in [-0.3, -0.25) is 0 Å². The highest BCUT2D eigenvalue weighted by Crippen LogP contribution is 2.57. The standard InChI is InChI=1S/C47H51N6/c1-9-46(7)38-21-15-13-20-37(38)45-51(41-32(5)27-30(3)28-33(41)6)25-26-52(45)47(46,10-2)24-23-36-35-19-14-16-22-39(35)53-43-40(50(8)44(36)53)29-48-42(49-43)34-18-12-11-17-31(34)4/h11-22,25-29,36,44H,9-10,23-24H2,1-8H3/q+1. The molecule has 5 heterocycles. The van der Waals surface area contributed by atoms with Gasteiger partial charge in [0, 0.05) is 29.6 Å². The number of nitrogens with zero attached hydrogens (tertiary/aromatic N) is 6. The lowest BCUT2D eigenvalue weighted by atomic mass is 9.58. The normalized spacial score (nSPS) is 22.3. The van der Waals surface area contributed by atoms with Crippen LogP contribution in [-0.4, -0.2) is 27.7 Å². The molecule has 9 rings (SSSR count). The van der Waals surface area contributed by atoms with Crippen LogP contribution in [0.3, 0.4) is 0 Å². The minimum atomic E-state index is -0.145. The molecule has 2 aromatic heterocycles. The summed E-state index contributed by atoms with van der Waals surface area (Å²) in [6.45, 7) is 16.2. The Morgan fingerprint density at radius 2 is 1.49 bits per heavy atom. The molecule has 6 aromatic rings. The highest BCUT2D eigenvalue weighted by Gasteiger charge is 2.59. The molecule has 0 fully saturated rings. The number of fused-ring (bicyclic) bond motifs is 8. The van der Waals surface area contributed by atoms with Crippen LogP contribution in [0.2, 0.25) is 0 Å². The van der Waals surface area contributed by atoms with Crippen LogP contribution in [0.4, 0.5) is 17.2 Å². The number of hydrogen-bond acceptors (Lipinski definition) is 4. The third-order valence-corrected chi connectivity index (χ3v) is 13.5. The molecule has 0 amide bonds. The number of aromatic nitrogens is 4. The zero-order chi connectivity index (χ0) is 36.8. The van der Waals surface area contributed by atoms with Gasteiger partial charge in [0.1, 0.15) is 35.5 Å². The van der Waals surface area contributed by atoms with Crippen LogP contribution in [-0.2, 0) is 11.0 Å². The Morgan fingerprint density at radius 3 is 2.23 bits per heavy atom. The summed E-state index contributed by atoms with van der Waals surface area (Å²) in [5.41, 5.74) is 13.9. The monoisotopic (exact) mass is 699 g/mol. The number of imidazole rings is 1. The van der Waals surface area contributed by atoms with Gasteiger partial charge in [0.25, 0.3) is 5.82 Å². The zero-order valence-electron chi connectivity index (χ0n) is 32.5. The summed E-state index contributed by atoms with van der Waals surface area (Å²) in [6.07, 6.45) is 11.1. The van der Waals surface area contributed by atoms with Gasteiger partial charge in [0.2, 0.25) is 0 Å². The fraction of sp³-hybridized carbons (Fsp3) is 0.340. The van der Waals surface area contributed by atoms with Gasteiger partial charge in [0.05, 0.1) is 11.8 Å². The lowest BCUT2D eigenvalue weighted by Crippen LogP contribution is -2.68. The summed E-state index contributed by atoms with van der Waals surface area (Å²) in [6, 6.07) is 31.4. The van der Waals surface area contributed by atoms with Gasteiger partial charge in [-0.05, 0) is 93.3 Å². The average Bonchev–Trinajstić information content (AvgIpc) is 3.83. The number of hydrogen-bond donors (Lipinski definition) is 0. The Kier molecular flexibility index (Phi) is 7.71. The molecule has 268 valence electrons. The molecule has 0 saturated carbocycles. The van der Waals surface area contributed by atoms with Crippen LogP contribution in [0, 0.1) is 27.7 Å². The summed E-state index contributed by atoms with van der Waals surface area (Å²) in [5.74, 6) is 3.38. The Balaban J connectivity index is 1.16. The highest BCUT2D eigenvalue weighted by atomic mass is 15.5. The van der Waals surface area contributed by atoms with Crippen molar-refractivity contribution in [1.29, 1.82) is 0 Å². The van der Waals surface area contributed by atoms with Gasteiger partial charge in [0.15, 0.2) is 11.6 Å². The first kappa shape index (κ1) is 33.6. The maximum atomic E-state index is 5.30. The van der Waals surface area contributed by atoms with Crippen molar-refractivity contribution in [3.63, 3.8) is 0 Å². The van der Waals surface area contributed by atoms with Crippen LogP contribution in [0.25, 0.3) is 28.5 Å². The van der Waals surface area contributed by atoms with E-state index in [9.17, 15) is 0 Å². The number of para-hydroxylation sites is 1. The number of aryl methyl sites for hydroxylation is 4. The first-order valence-corrected chi connectivity index (χ1v) is 19.5. The van der Waals surface area contributed by atoms with Crippen LogP contribution < -0.4 is 14.4 Å². The first-order chi connectivity index (χ1) is 25.6. The predicted molar refractivity (Wildman–Crippen MR) is 216 cm³/mol. The minimum Gasteiger partial charge on any atom is -0.349 e. The molecule has 0 spiro atoms. The van der Waals surface area contributed by atoms with Crippen molar-refractivity contribution >= 4 is 17.2 Å². The third kappa shape index (κ3) is 4.60. The largest absolute Gasteiger partial charge is 0.349 e. The van der Waals surface area contributed by atoms with Crippen molar-refractivity contribution in [1.82, 2.24) is 14.5 Å². The SMILES string of the molecule is CCC1(C)c2ccccc2-c2n(-c3c(C)cc(C)cc3C)cc[n+]2C1(CC)CCC1c2ccccc2N2c3nc(-c4ccccc4C)ncc3N(C)C12. The molecule has 3 aliphatic heterocycles. The molecule has 0 aliphatic carbocycles. The maximum absolute atomic E-state index is 5.30. The van der Waals surface area contributed by atoms with Gasteiger partial charge < -0.3 is 9.80 Å². The molecule has 4 atom stereocenters. The average molecular weight is 700 g/mol. The third-order valence-electron chi connectivity index (χ3n) is 13.5. The van der Waals surface area contributed by atoms with E-state index in [4.69, 9.17) is 9.97 Å². The van der Waals surface area contributed by atoms with Crippen molar-refractivity contribution in [3.8, 4) is 28.5 Å². The second-order valence-corrected chi connectivity index (χ2v) is 16.0. The summed E-state index contributed by atoms with van der Waals surface area (Å²) >= 11 is 0. The minimum absolute atomic E-state index is 0.0736. The smallest absolute Gasteiger partial charge is 0.294 e. The van der Waals surface area contributed by atoms with Gasteiger partial charge in [-0.15, -0.1) is 0 Å². The van der Waals surface area contributed by atoms with Crippen molar-refractivity contribution in [2.45, 2.75) is 97.2 Å². The molecular formula is C47H51N6+. The Labute approximate surface area is 314 Å². The van der Waals surface area contributed by atoms with Crippen LogP contribution >= 0.6 is 0 Å². The molecule has 0 radical (unpaired) electrons.